The lowest BCUT2D eigenvalue weighted by Gasteiger charge is -2.39. The normalized spacial score (nSPS) is 22.8. The molecule has 2 saturated heterocycles. The smallest absolute Gasteiger partial charge is 0.230 e. The van der Waals surface area contributed by atoms with Crippen molar-refractivity contribution in [3.8, 4) is 5.75 Å². The lowest BCUT2D eigenvalue weighted by molar-refractivity contribution is -0.139. The Bertz CT molecular complexity index is 836. The molecule has 2 aliphatic heterocycles. The van der Waals surface area contributed by atoms with Gasteiger partial charge in [0, 0.05) is 25.3 Å². The van der Waals surface area contributed by atoms with Gasteiger partial charge in [-0.15, -0.1) is 0 Å². The van der Waals surface area contributed by atoms with Crippen molar-refractivity contribution in [2.75, 3.05) is 26.7 Å². The number of hydrogen-bond acceptors (Lipinski definition) is 4. The number of aryl methyl sites for hydroxylation is 1. The minimum atomic E-state index is -0.214. The number of amides is 1. The molecule has 5 heteroatoms. The van der Waals surface area contributed by atoms with Crippen molar-refractivity contribution < 1.29 is 9.53 Å². The summed E-state index contributed by atoms with van der Waals surface area (Å²) in [5.74, 6) is 1.19. The zero-order chi connectivity index (χ0) is 19.6. The van der Waals surface area contributed by atoms with Gasteiger partial charge in [-0.3, -0.25) is 14.7 Å². The van der Waals surface area contributed by atoms with Crippen LogP contribution in [0.1, 0.15) is 36.2 Å². The molecule has 1 amide bonds. The Morgan fingerprint density at radius 2 is 1.89 bits per heavy atom. The predicted octanol–water partition coefficient (Wildman–Crippen LogP) is 3.41. The highest BCUT2D eigenvalue weighted by Crippen LogP contribution is 2.41. The Labute approximate surface area is 167 Å². The fourth-order valence-electron chi connectivity index (χ4n) is 4.66. The third-order valence-electron chi connectivity index (χ3n) is 6.12. The third kappa shape index (κ3) is 3.90. The second-order valence-corrected chi connectivity index (χ2v) is 8.19. The zero-order valence-electron chi connectivity index (χ0n) is 16.9. The maximum atomic E-state index is 13.3. The van der Waals surface area contributed by atoms with E-state index in [-0.39, 0.29) is 5.41 Å². The van der Waals surface area contributed by atoms with Gasteiger partial charge in [0.1, 0.15) is 5.75 Å². The van der Waals surface area contributed by atoms with Crippen molar-refractivity contribution in [1.82, 2.24) is 14.8 Å². The number of likely N-dealkylation sites (tertiary alicyclic amines) is 2. The Morgan fingerprint density at radius 3 is 2.64 bits per heavy atom. The van der Waals surface area contributed by atoms with Crippen molar-refractivity contribution >= 4 is 5.91 Å². The van der Waals surface area contributed by atoms with Gasteiger partial charge in [0.05, 0.1) is 24.8 Å². The minimum Gasteiger partial charge on any atom is -0.497 e. The second-order valence-electron chi connectivity index (χ2n) is 8.19. The van der Waals surface area contributed by atoms with Gasteiger partial charge in [-0.1, -0.05) is 18.2 Å². The van der Waals surface area contributed by atoms with E-state index in [4.69, 9.17) is 4.74 Å². The van der Waals surface area contributed by atoms with Crippen molar-refractivity contribution in [2.24, 2.45) is 5.41 Å². The largest absolute Gasteiger partial charge is 0.497 e. The van der Waals surface area contributed by atoms with Gasteiger partial charge in [0.2, 0.25) is 5.91 Å². The molecule has 0 saturated carbocycles. The number of ether oxygens (including phenoxy) is 1. The number of rotatable bonds is 5. The zero-order valence-corrected chi connectivity index (χ0v) is 16.9. The molecule has 2 aliphatic rings. The van der Waals surface area contributed by atoms with E-state index >= 15 is 0 Å². The molecule has 1 unspecified atom stereocenters. The molecule has 4 rings (SSSR count). The summed E-state index contributed by atoms with van der Waals surface area (Å²) in [6.45, 7) is 6.26. The van der Waals surface area contributed by atoms with Crippen LogP contribution < -0.4 is 4.74 Å². The van der Waals surface area contributed by atoms with Crippen molar-refractivity contribution in [3.63, 3.8) is 0 Å². The average molecular weight is 380 g/mol. The van der Waals surface area contributed by atoms with E-state index in [0.29, 0.717) is 12.5 Å². The summed E-state index contributed by atoms with van der Waals surface area (Å²) >= 11 is 0. The number of hydrogen-bond donors (Lipinski definition) is 0. The van der Waals surface area contributed by atoms with Crippen molar-refractivity contribution in [3.05, 3.63) is 59.4 Å². The lowest BCUT2D eigenvalue weighted by Crippen LogP contribution is -2.47. The molecule has 1 spiro atoms. The number of aromatic nitrogens is 1. The van der Waals surface area contributed by atoms with Gasteiger partial charge >= 0.3 is 0 Å². The summed E-state index contributed by atoms with van der Waals surface area (Å²) in [7, 11) is 1.69. The van der Waals surface area contributed by atoms with Crippen LogP contribution in [-0.2, 0) is 17.9 Å². The molecule has 1 aromatic carbocycles. The van der Waals surface area contributed by atoms with E-state index in [1.807, 2.05) is 42.2 Å². The van der Waals surface area contributed by atoms with Gasteiger partial charge in [0.15, 0.2) is 0 Å². The quantitative estimate of drug-likeness (QED) is 0.799. The van der Waals surface area contributed by atoms with E-state index in [2.05, 4.69) is 22.0 Å². The monoisotopic (exact) mass is 379 g/mol. The standard InChI is InChI=1S/C23H29N3O2/c1-18-5-3-6-20(24-18)16-26-14-12-23(22(26)27)11-4-13-25(17-23)15-19-7-9-21(28-2)10-8-19/h3,5-10H,4,11-17H2,1-2H3. The number of benzene rings is 1. The summed E-state index contributed by atoms with van der Waals surface area (Å²) in [6, 6.07) is 14.3. The maximum Gasteiger partial charge on any atom is 0.230 e. The van der Waals surface area contributed by atoms with E-state index < -0.39 is 0 Å². The van der Waals surface area contributed by atoms with Crippen LogP contribution in [0.5, 0.6) is 5.75 Å². The highest BCUT2D eigenvalue weighted by Gasteiger charge is 2.48. The predicted molar refractivity (Wildman–Crippen MR) is 109 cm³/mol. The average Bonchev–Trinajstić information content (AvgIpc) is 2.98. The van der Waals surface area contributed by atoms with Crippen LogP contribution in [0.15, 0.2) is 42.5 Å². The van der Waals surface area contributed by atoms with Gasteiger partial charge in [-0.05, 0) is 62.6 Å². The van der Waals surface area contributed by atoms with Crippen LogP contribution in [-0.4, -0.2) is 47.4 Å². The fourth-order valence-corrected chi connectivity index (χ4v) is 4.66. The van der Waals surface area contributed by atoms with E-state index in [0.717, 1.165) is 62.6 Å². The molecule has 0 N–H and O–H groups in total. The molecule has 148 valence electrons. The van der Waals surface area contributed by atoms with Crippen LogP contribution in [0.2, 0.25) is 0 Å². The summed E-state index contributed by atoms with van der Waals surface area (Å²) in [6.07, 6.45) is 3.04. The van der Waals surface area contributed by atoms with E-state index in [1.165, 1.54) is 5.56 Å². The third-order valence-corrected chi connectivity index (χ3v) is 6.12. The number of carbonyl (C=O) groups is 1. The Balaban J connectivity index is 1.41. The summed E-state index contributed by atoms with van der Waals surface area (Å²) in [5.41, 5.74) is 3.04. The molecule has 1 aromatic heterocycles. The Morgan fingerprint density at radius 1 is 1.07 bits per heavy atom. The van der Waals surface area contributed by atoms with Gasteiger partial charge in [-0.25, -0.2) is 0 Å². The first-order valence-electron chi connectivity index (χ1n) is 10.2. The molecule has 28 heavy (non-hydrogen) atoms. The number of piperidine rings is 1. The van der Waals surface area contributed by atoms with Crippen LogP contribution in [0.3, 0.4) is 0 Å². The summed E-state index contributed by atoms with van der Waals surface area (Å²) in [5, 5.41) is 0. The van der Waals surface area contributed by atoms with Crippen LogP contribution in [0.4, 0.5) is 0 Å². The van der Waals surface area contributed by atoms with Gasteiger partial charge in [0.25, 0.3) is 0 Å². The first-order valence-corrected chi connectivity index (χ1v) is 10.2. The van der Waals surface area contributed by atoms with Crippen LogP contribution in [0, 0.1) is 12.3 Å². The van der Waals surface area contributed by atoms with Crippen LogP contribution >= 0.6 is 0 Å². The Hall–Kier alpha value is -2.40. The second kappa shape index (κ2) is 7.92. The first kappa shape index (κ1) is 18.9. The van der Waals surface area contributed by atoms with Crippen molar-refractivity contribution in [1.29, 1.82) is 0 Å². The maximum absolute atomic E-state index is 13.3. The number of carbonyl (C=O) groups excluding carboxylic acids is 1. The molecule has 0 bridgehead atoms. The molecular formula is C23H29N3O2. The summed E-state index contributed by atoms with van der Waals surface area (Å²) in [4.78, 5) is 22.3. The molecule has 1 atom stereocenters. The van der Waals surface area contributed by atoms with E-state index in [1.54, 1.807) is 7.11 Å². The number of methoxy groups -OCH3 is 1. The van der Waals surface area contributed by atoms with Gasteiger partial charge in [-0.2, -0.15) is 0 Å². The minimum absolute atomic E-state index is 0.214. The molecule has 0 aliphatic carbocycles. The van der Waals surface area contributed by atoms with E-state index in [9.17, 15) is 4.79 Å². The highest BCUT2D eigenvalue weighted by molar-refractivity contribution is 5.85. The van der Waals surface area contributed by atoms with Crippen molar-refractivity contribution in [2.45, 2.75) is 39.3 Å². The molecule has 5 nitrogen and oxygen atoms in total. The first-order chi connectivity index (χ1) is 13.6. The SMILES string of the molecule is COc1ccc(CN2CCCC3(CCN(Cc4cccc(C)n4)C3=O)C2)cc1. The molecule has 2 aromatic rings. The highest BCUT2D eigenvalue weighted by atomic mass is 16.5. The molecule has 2 fully saturated rings. The number of nitrogens with zero attached hydrogens (tertiary/aromatic N) is 3. The van der Waals surface area contributed by atoms with Gasteiger partial charge < -0.3 is 9.64 Å². The fraction of sp³-hybridized carbons (Fsp3) is 0.478. The lowest BCUT2D eigenvalue weighted by atomic mass is 9.78. The Kier molecular flexibility index (Phi) is 5.36. The topological polar surface area (TPSA) is 45.7 Å². The summed E-state index contributed by atoms with van der Waals surface area (Å²) < 4.78 is 5.25. The number of pyridine rings is 1. The molecular weight excluding hydrogens is 350 g/mol. The molecule has 3 heterocycles. The molecule has 0 radical (unpaired) electrons. The van der Waals surface area contributed by atoms with Crippen LogP contribution in [0.25, 0.3) is 0 Å².